The van der Waals surface area contributed by atoms with Gasteiger partial charge in [-0.2, -0.15) is 0 Å². The maximum Gasteiger partial charge on any atom is 0.209 e. The summed E-state index contributed by atoms with van der Waals surface area (Å²) in [5, 5.41) is 3.15. The number of allylic oxidation sites excluding steroid dienone is 3. The highest BCUT2D eigenvalue weighted by molar-refractivity contribution is 5.47. The van der Waals surface area contributed by atoms with Crippen LogP contribution in [0.3, 0.4) is 0 Å². The quantitative estimate of drug-likeness (QED) is 0.505. The summed E-state index contributed by atoms with van der Waals surface area (Å²) in [5.41, 5.74) is 1.30. The average molecular weight is 252 g/mol. The molecule has 2 atom stereocenters. The summed E-state index contributed by atoms with van der Waals surface area (Å²) in [6, 6.07) is 0.239. The van der Waals surface area contributed by atoms with Crippen molar-refractivity contribution in [3.8, 4) is 0 Å². The fourth-order valence-electron chi connectivity index (χ4n) is 2.16. The first kappa shape index (κ1) is 16.9. The van der Waals surface area contributed by atoms with Crippen molar-refractivity contribution >= 4 is 6.41 Å². The molecule has 0 bridgehead atoms. The predicted molar refractivity (Wildman–Crippen MR) is 78.5 cm³/mol. The van der Waals surface area contributed by atoms with Gasteiger partial charge in [0.1, 0.15) is 0 Å². The van der Waals surface area contributed by atoms with Crippen molar-refractivity contribution < 1.29 is 4.79 Å². The lowest BCUT2D eigenvalue weighted by atomic mass is 9.89. The third-order valence-electron chi connectivity index (χ3n) is 3.36. The van der Waals surface area contributed by atoms with Gasteiger partial charge in [-0.25, -0.2) is 0 Å². The molecule has 0 fully saturated rings. The van der Waals surface area contributed by atoms with Gasteiger partial charge in [-0.3, -0.25) is 4.79 Å². The largest absolute Gasteiger partial charge is 0.345 e. The summed E-state index contributed by atoms with van der Waals surface area (Å²) in [7, 11) is 3.80. The Labute approximate surface area is 112 Å². The van der Waals surface area contributed by atoms with E-state index in [1.54, 1.807) is 4.90 Å². The summed E-state index contributed by atoms with van der Waals surface area (Å²) >= 11 is 0. The van der Waals surface area contributed by atoms with Crippen LogP contribution in [0.4, 0.5) is 0 Å². The fourth-order valence-corrected chi connectivity index (χ4v) is 2.16. The van der Waals surface area contributed by atoms with E-state index >= 15 is 0 Å². The molecule has 1 unspecified atom stereocenters. The van der Waals surface area contributed by atoms with E-state index in [2.05, 4.69) is 44.3 Å². The van der Waals surface area contributed by atoms with Crippen molar-refractivity contribution in [2.45, 2.75) is 39.7 Å². The minimum absolute atomic E-state index is 0.239. The van der Waals surface area contributed by atoms with E-state index in [0.717, 1.165) is 25.8 Å². The molecule has 0 aromatic rings. The lowest BCUT2D eigenvalue weighted by Crippen LogP contribution is -2.38. The van der Waals surface area contributed by atoms with E-state index in [1.807, 2.05) is 14.1 Å². The van der Waals surface area contributed by atoms with Crippen molar-refractivity contribution in [1.82, 2.24) is 10.2 Å². The lowest BCUT2D eigenvalue weighted by Gasteiger charge is -2.31. The second-order valence-electron chi connectivity index (χ2n) is 4.62. The smallest absolute Gasteiger partial charge is 0.209 e. The summed E-state index contributed by atoms with van der Waals surface area (Å²) in [6.07, 6.45) is 9.41. The zero-order valence-corrected chi connectivity index (χ0v) is 12.4. The van der Waals surface area contributed by atoms with Crippen LogP contribution in [0.2, 0.25) is 0 Å². The molecule has 0 aliphatic heterocycles. The molecule has 18 heavy (non-hydrogen) atoms. The number of amides is 1. The molecule has 0 saturated carbocycles. The van der Waals surface area contributed by atoms with Crippen LogP contribution < -0.4 is 5.32 Å². The second kappa shape index (κ2) is 9.89. The molecular formula is C15H28N2O. The van der Waals surface area contributed by atoms with Crippen LogP contribution in [-0.2, 0) is 4.79 Å². The van der Waals surface area contributed by atoms with E-state index < -0.39 is 0 Å². The maximum atomic E-state index is 11.0. The highest BCUT2D eigenvalue weighted by atomic mass is 16.1. The van der Waals surface area contributed by atoms with Crippen molar-refractivity contribution in [1.29, 1.82) is 0 Å². The first-order valence-corrected chi connectivity index (χ1v) is 6.76. The number of nitrogens with zero attached hydrogens (tertiary/aromatic N) is 1. The summed E-state index contributed by atoms with van der Waals surface area (Å²) in [6.45, 7) is 7.30. The predicted octanol–water partition coefficient (Wildman–Crippen LogP) is 2.60. The minimum Gasteiger partial charge on any atom is -0.345 e. The van der Waals surface area contributed by atoms with Gasteiger partial charge in [0.2, 0.25) is 6.41 Å². The number of nitrogens with one attached hydrogen (secondary N) is 1. The highest BCUT2D eigenvalue weighted by Gasteiger charge is 2.22. The van der Waals surface area contributed by atoms with E-state index in [4.69, 9.17) is 0 Å². The Morgan fingerprint density at radius 3 is 2.56 bits per heavy atom. The van der Waals surface area contributed by atoms with Crippen LogP contribution in [0.25, 0.3) is 0 Å². The normalized spacial score (nSPS) is 15.7. The van der Waals surface area contributed by atoms with Gasteiger partial charge in [0.05, 0.1) is 0 Å². The molecule has 0 saturated heterocycles. The lowest BCUT2D eigenvalue weighted by molar-refractivity contribution is -0.119. The van der Waals surface area contributed by atoms with Crippen LogP contribution in [0.5, 0.6) is 0 Å². The maximum absolute atomic E-state index is 11.0. The molecule has 3 heteroatoms. The Bertz CT molecular complexity index is 284. The zero-order chi connectivity index (χ0) is 14.0. The van der Waals surface area contributed by atoms with Crippen molar-refractivity contribution in [2.24, 2.45) is 5.92 Å². The molecule has 3 nitrogen and oxygen atoms in total. The molecule has 0 radical (unpaired) electrons. The first-order valence-electron chi connectivity index (χ1n) is 6.76. The Balaban J connectivity index is 4.85. The van der Waals surface area contributed by atoms with E-state index in [9.17, 15) is 4.79 Å². The molecular weight excluding hydrogens is 224 g/mol. The third-order valence-corrected chi connectivity index (χ3v) is 3.36. The first-order chi connectivity index (χ1) is 8.62. The Morgan fingerprint density at radius 2 is 2.11 bits per heavy atom. The van der Waals surface area contributed by atoms with Crippen LogP contribution in [-0.4, -0.2) is 38.0 Å². The van der Waals surface area contributed by atoms with Crippen LogP contribution in [0, 0.1) is 5.92 Å². The van der Waals surface area contributed by atoms with Gasteiger partial charge in [-0.1, -0.05) is 32.1 Å². The van der Waals surface area contributed by atoms with E-state index in [0.29, 0.717) is 5.92 Å². The summed E-state index contributed by atoms with van der Waals surface area (Å²) in [4.78, 5) is 12.8. The van der Waals surface area contributed by atoms with Gasteiger partial charge >= 0.3 is 0 Å². The fraction of sp³-hybridized carbons (Fsp3) is 0.667. The second-order valence-corrected chi connectivity index (χ2v) is 4.62. The zero-order valence-electron chi connectivity index (χ0n) is 12.4. The number of carbonyl (C=O) groups is 1. The summed E-state index contributed by atoms with van der Waals surface area (Å²) < 4.78 is 0. The molecule has 1 N–H and O–H groups in total. The molecule has 104 valence electrons. The van der Waals surface area contributed by atoms with Crippen molar-refractivity contribution in [3.63, 3.8) is 0 Å². The molecule has 0 heterocycles. The van der Waals surface area contributed by atoms with Gasteiger partial charge in [0.15, 0.2) is 0 Å². The summed E-state index contributed by atoms with van der Waals surface area (Å²) in [5.74, 6) is 0.348. The van der Waals surface area contributed by atoms with E-state index in [-0.39, 0.29) is 6.04 Å². The standard InChI is InChI=1S/C15H28N2O/c1-6-8-9-14(7-2)13(3)15(10-11-16-4)17(5)12-18/h7-9,12-13,15-16H,6,10-11H2,1-5H3/b9-8-,14-7+/t13?,15-/m1/s1. The Kier molecular flexibility index (Phi) is 9.29. The van der Waals surface area contributed by atoms with E-state index in [1.165, 1.54) is 5.57 Å². The van der Waals surface area contributed by atoms with Crippen LogP contribution in [0.15, 0.2) is 23.8 Å². The molecule has 0 rings (SSSR count). The molecule has 1 amide bonds. The van der Waals surface area contributed by atoms with Gasteiger partial charge in [-0.15, -0.1) is 0 Å². The highest BCUT2D eigenvalue weighted by Crippen LogP contribution is 2.22. The topological polar surface area (TPSA) is 32.3 Å². The number of hydrogen-bond acceptors (Lipinski definition) is 2. The van der Waals surface area contributed by atoms with Crippen LogP contribution in [0.1, 0.15) is 33.6 Å². The molecule has 0 aliphatic rings. The van der Waals surface area contributed by atoms with Gasteiger partial charge < -0.3 is 10.2 Å². The average Bonchev–Trinajstić information content (AvgIpc) is 2.39. The van der Waals surface area contributed by atoms with Gasteiger partial charge in [-0.05, 0) is 38.9 Å². The number of hydrogen-bond donors (Lipinski definition) is 1. The molecule has 0 aliphatic carbocycles. The third kappa shape index (κ3) is 5.50. The minimum atomic E-state index is 0.239. The van der Waals surface area contributed by atoms with Crippen LogP contribution >= 0.6 is 0 Å². The number of rotatable bonds is 9. The molecule has 0 aromatic carbocycles. The van der Waals surface area contributed by atoms with Gasteiger partial charge in [0.25, 0.3) is 0 Å². The number of carbonyl (C=O) groups excluding carboxylic acids is 1. The SMILES string of the molecule is C/C=C(\C=C/CC)C(C)[C@@H](CCNC)N(C)C=O. The Hall–Kier alpha value is -1.09. The molecule has 0 spiro atoms. The Morgan fingerprint density at radius 1 is 1.44 bits per heavy atom. The monoisotopic (exact) mass is 252 g/mol. The molecule has 0 aromatic heterocycles. The van der Waals surface area contributed by atoms with Crippen molar-refractivity contribution in [2.75, 3.05) is 20.6 Å². The van der Waals surface area contributed by atoms with Gasteiger partial charge in [0, 0.05) is 19.0 Å². The van der Waals surface area contributed by atoms with Crippen molar-refractivity contribution in [3.05, 3.63) is 23.8 Å².